The van der Waals surface area contributed by atoms with Crippen LogP contribution in [-0.2, 0) is 0 Å². The second kappa shape index (κ2) is 4.04. The third-order valence-corrected chi connectivity index (χ3v) is 1.82. The maximum Gasteiger partial charge on any atom is 0.411 e. The average molecular weight is 201 g/mol. The van der Waals surface area contributed by atoms with Crippen molar-refractivity contribution in [2.45, 2.75) is 6.43 Å². The van der Waals surface area contributed by atoms with Crippen LogP contribution in [0.25, 0.3) is 0 Å². The van der Waals surface area contributed by atoms with Gasteiger partial charge in [0.2, 0.25) is 0 Å². The van der Waals surface area contributed by atoms with Gasteiger partial charge in [0.25, 0.3) is 6.43 Å². The summed E-state index contributed by atoms with van der Waals surface area (Å²) in [7, 11) is 1.35. The van der Waals surface area contributed by atoms with Crippen LogP contribution in [-0.4, -0.2) is 18.2 Å². The van der Waals surface area contributed by atoms with Gasteiger partial charge in [-0.1, -0.05) is 12.1 Å². The number of hydrogen-bond acceptors (Lipinski definition) is 1. The molecule has 0 atom stereocenters. The predicted molar refractivity (Wildman–Crippen MR) is 47.8 cm³/mol. The van der Waals surface area contributed by atoms with Crippen molar-refractivity contribution in [2.75, 3.05) is 11.9 Å². The van der Waals surface area contributed by atoms with E-state index in [9.17, 15) is 13.6 Å². The standard InChI is InChI=1S/C9H9F2NO2/c1-12(9(13)14)7-4-2-6(3-5-7)8(10)11/h2-5,8H,1H3,(H,13,14). The summed E-state index contributed by atoms with van der Waals surface area (Å²) in [6.45, 7) is 0. The first-order valence-electron chi connectivity index (χ1n) is 3.87. The Morgan fingerprint density at radius 2 is 1.86 bits per heavy atom. The summed E-state index contributed by atoms with van der Waals surface area (Å²) in [5, 5.41) is 8.59. The smallest absolute Gasteiger partial charge is 0.411 e. The summed E-state index contributed by atoms with van der Waals surface area (Å²) in [6.07, 6.45) is -3.66. The Kier molecular flexibility index (Phi) is 3.01. The summed E-state index contributed by atoms with van der Waals surface area (Å²) >= 11 is 0. The molecule has 1 aromatic carbocycles. The zero-order chi connectivity index (χ0) is 10.7. The maximum atomic E-state index is 12.1. The summed E-state index contributed by atoms with van der Waals surface area (Å²) < 4.78 is 24.3. The molecule has 1 amide bonds. The molecule has 1 N–H and O–H groups in total. The quantitative estimate of drug-likeness (QED) is 0.799. The molecule has 0 aliphatic heterocycles. The monoisotopic (exact) mass is 201 g/mol. The van der Waals surface area contributed by atoms with E-state index in [2.05, 4.69) is 0 Å². The normalized spacial score (nSPS) is 10.3. The lowest BCUT2D eigenvalue weighted by atomic mass is 10.2. The highest BCUT2D eigenvalue weighted by atomic mass is 19.3. The number of halogens is 2. The fraction of sp³-hybridized carbons (Fsp3) is 0.222. The first-order chi connectivity index (χ1) is 6.52. The van der Waals surface area contributed by atoms with E-state index < -0.39 is 12.5 Å². The van der Waals surface area contributed by atoms with Crippen molar-refractivity contribution in [3.8, 4) is 0 Å². The van der Waals surface area contributed by atoms with Crippen LogP contribution in [0.4, 0.5) is 19.3 Å². The lowest BCUT2D eigenvalue weighted by Crippen LogP contribution is -2.23. The topological polar surface area (TPSA) is 40.5 Å². The van der Waals surface area contributed by atoms with Crippen LogP contribution < -0.4 is 4.90 Å². The number of hydrogen-bond donors (Lipinski definition) is 1. The highest BCUT2D eigenvalue weighted by molar-refractivity contribution is 5.85. The average Bonchev–Trinajstić information content (AvgIpc) is 2.16. The van der Waals surface area contributed by atoms with Crippen molar-refractivity contribution in [3.63, 3.8) is 0 Å². The van der Waals surface area contributed by atoms with Gasteiger partial charge >= 0.3 is 6.09 Å². The van der Waals surface area contributed by atoms with E-state index in [0.717, 1.165) is 4.90 Å². The number of nitrogens with zero attached hydrogens (tertiary/aromatic N) is 1. The largest absolute Gasteiger partial charge is 0.465 e. The Labute approximate surface area is 79.6 Å². The Hall–Kier alpha value is -1.65. The van der Waals surface area contributed by atoms with Crippen molar-refractivity contribution >= 4 is 11.8 Å². The number of benzene rings is 1. The van der Waals surface area contributed by atoms with E-state index in [-0.39, 0.29) is 5.56 Å². The lowest BCUT2D eigenvalue weighted by Gasteiger charge is -2.12. The molecule has 0 radical (unpaired) electrons. The van der Waals surface area contributed by atoms with Gasteiger partial charge in [-0.3, -0.25) is 4.90 Å². The first kappa shape index (κ1) is 10.4. The molecule has 0 saturated heterocycles. The molecule has 0 spiro atoms. The van der Waals surface area contributed by atoms with E-state index in [1.54, 1.807) is 0 Å². The number of carboxylic acid groups (broad SMARTS) is 1. The molecule has 1 rings (SSSR count). The van der Waals surface area contributed by atoms with Gasteiger partial charge in [0.15, 0.2) is 0 Å². The molecular weight excluding hydrogens is 192 g/mol. The number of amides is 1. The van der Waals surface area contributed by atoms with E-state index >= 15 is 0 Å². The predicted octanol–water partition coefficient (Wildman–Crippen LogP) is 2.74. The van der Waals surface area contributed by atoms with Gasteiger partial charge < -0.3 is 5.11 Å². The van der Waals surface area contributed by atoms with Crippen LogP contribution >= 0.6 is 0 Å². The van der Waals surface area contributed by atoms with Gasteiger partial charge in [-0.25, -0.2) is 13.6 Å². The first-order valence-corrected chi connectivity index (χ1v) is 3.87. The molecular formula is C9H9F2NO2. The number of carbonyl (C=O) groups is 1. The minimum atomic E-state index is -2.53. The molecule has 0 unspecified atom stereocenters. The summed E-state index contributed by atoms with van der Waals surface area (Å²) in [4.78, 5) is 11.4. The third kappa shape index (κ3) is 2.18. The van der Waals surface area contributed by atoms with Gasteiger partial charge in [-0.05, 0) is 12.1 Å². The molecule has 5 heteroatoms. The fourth-order valence-electron chi connectivity index (χ4n) is 0.954. The highest BCUT2D eigenvalue weighted by Crippen LogP contribution is 2.21. The van der Waals surface area contributed by atoms with Crippen LogP contribution in [0, 0.1) is 0 Å². The van der Waals surface area contributed by atoms with Crippen molar-refractivity contribution in [1.82, 2.24) is 0 Å². The van der Waals surface area contributed by atoms with Crippen molar-refractivity contribution < 1.29 is 18.7 Å². The van der Waals surface area contributed by atoms with Crippen molar-refractivity contribution in [3.05, 3.63) is 29.8 Å². The second-order valence-corrected chi connectivity index (χ2v) is 2.73. The maximum absolute atomic E-state index is 12.1. The summed E-state index contributed by atoms with van der Waals surface area (Å²) in [5.74, 6) is 0. The van der Waals surface area contributed by atoms with Crippen LogP contribution in [0.15, 0.2) is 24.3 Å². The van der Waals surface area contributed by atoms with Crippen LogP contribution in [0.2, 0.25) is 0 Å². The van der Waals surface area contributed by atoms with Gasteiger partial charge in [-0.2, -0.15) is 0 Å². The number of anilines is 1. The molecule has 3 nitrogen and oxygen atoms in total. The summed E-state index contributed by atoms with van der Waals surface area (Å²) in [5.41, 5.74) is 0.245. The van der Waals surface area contributed by atoms with E-state index in [1.165, 1.54) is 31.3 Å². The van der Waals surface area contributed by atoms with E-state index in [1.807, 2.05) is 0 Å². The van der Waals surface area contributed by atoms with Gasteiger partial charge in [0.1, 0.15) is 0 Å². The SMILES string of the molecule is CN(C(=O)O)c1ccc(C(F)F)cc1. The summed E-state index contributed by atoms with van der Waals surface area (Å²) in [6, 6.07) is 5.10. The van der Waals surface area contributed by atoms with Crippen LogP contribution in [0.5, 0.6) is 0 Å². The van der Waals surface area contributed by atoms with E-state index in [0.29, 0.717) is 5.69 Å². The minimum absolute atomic E-state index is 0.118. The van der Waals surface area contributed by atoms with E-state index in [4.69, 9.17) is 5.11 Å². The zero-order valence-electron chi connectivity index (χ0n) is 7.45. The molecule has 0 aliphatic rings. The second-order valence-electron chi connectivity index (χ2n) is 2.73. The molecule has 0 aliphatic carbocycles. The van der Waals surface area contributed by atoms with Gasteiger partial charge in [-0.15, -0.1) is 0 Å². The van der Waals surface area contributed by atoms with Gasteiger partial charge in [0, 0.05) is 18.3 Å². The number of alkyl halides is 2. The molecule has 1 aromatic rings. The van der Waals surface area contributed by atoms with Crippen molar-refractivity contribution in [2.24, 2.45) is 0 Å². The number of rotatable bonds is 2. The zero-order valence-corrected chi connectivity index (χ0v) is 7.45. The molecule has 0 fully saturated rings. The molecule has 0 aromatic heterocycles. The Bertz CT molecular complexity index is 324. The Balaban J connectivity index is 2.88. The van der Waals surface area contributed by atoms with Gasteiger partial charge in [0.05, 0.1) is 0 Å². The van der Waals surface area contributed by atoms with Crippen LogP contribution in [0.1, 0.15) is 12.0 Å². The molecule has 0 bridgehead atoms. The lowest BCUT2D eigenvalue weighted by molar-refractivity contribution is 0.151. The third-order valence-electron chi connectivity index (χ3n) is 1.82. The molecule has 14 heavy (non-hydrogen) atoms. The van der Waals surface area contributed by atoms with Crippen molar-refractivity contribution in [1.29, 1.82) is 0 Å². The Morgan fingerprint density at radius 1 is 1.36 bits per heavy atom. The highest BCUT2D eigenvalue weighted by Gasteiger charge is 2.10. The molecule has 0 saturated carbocycles. The van der Waals surface area contributed by atoms with Crippen LogP contribution in [0.3, 0.4) is 0 Å². The minimum Gasteiger partial charge on any atom is -0.465 e. The molecule has 76 valence electrons. The fourth-order valence-corrected chi connectivity index (χ4v) is 0.954. The Morgan fingerprint density at radius 3 is 2.21 bits per heavy atom. The molecule has 0 heterocycles.